The number of nitrogens with two attached hydrogens (primary N) is 1. The molecule has 1 saturated carbocycles. The molecule has 2 heteroatoms. The second-order valence-electron chi connectivity index (χ2n) is 7.68. The first-order valence-electron chi connectivity index (χ1n) is 9.49. The van der Waals surface area contributed by atoms with E-state index >= 15 is 0 Å². The minimum absolute atomic E-state index is 0.283. The number of hydrogen-bond acceptors (Lipinski definition) is 2. The maximum Gasteiger partial charge on any atom is 0.0334 e. The normalized spacial score (nSPS) is 27.0. The Morgan fingerprint density at radius 2 is 1.67 bits per heavy atom. The summed E-state index contributed by atoms with van der Waals surface area (Å²) in [6.45, 7) is 13.8. The van der Waals surface area contributed by atoms with Crippen molar-refractivity contribution in [2.24, 2.45) is 17.6 Å². The first-order chi connectivity index (χ1) is 10.0. The molecule has 21 heavy (non-hydrogen) atoms. The van der Waals surface area contributed by atoms with E-state index in [-0.39, 0.29) is 5.54 Å². The Labute approximate surface area is 133 Å². The second kappa shape index (κ2) is 9.15. The van der Waals surface area contributed by atoms with Crippen LogP contribution in [0.4, 0.5) is 0 Å². The summed E-state index contributed by atoms with van der Waals surface area (Å²) in [5.41, 5.74) is 6.62. The lowest BCUT2D eigenvalue weighted by molar-refractivity contribution is -0.00515. The molecule has 0 aromatic rings. The van der Waals surface area contributed by atoms with Gasteiger partial charge < -0.3 is 5.73 Å². The maximum atomic E-state index is 6.34. The molecule has 0 unspecified atom stereocenters. The third-order valence-corrected chi connectivity index (χ3v) is 5.67. The third-order valence-electron chi connectivity index (χ3n) is 5.67. The summed E-state index contributed by atoms with van der Waals surface area (Å²) in [6, 6.07) is 0.707. The highest BCUT2D eigenvalue weighted by molar-refractivity contribution is 4.98. The van der Waals surface area contributed by atoms with Crippen molar-refractivity contribution in [1.82, 2.24) is 4.90 Å². The number of rotatable bonds is 9. The average molecular weight is 297 g/mol. The van der Waals surface area contributed by atoms with Crippen LogP contribution < -0.4 is 5.73 Å². The molecular weight excluding hydrogens is 256 g/mol. The molecule has 126 valence electrons. The van der Waals surface area contributed by atoms with Crippen LogP contribution in [-0.4, -0.2) is 29.6 Å². The quantitative estimate of drug-likeness (QED) is 0.661. The molecule has 0 heterocycles. The molecule has 2 N–H and O–H groups in total. The first kappa shape index (κ1) is 19.0. The van der Waals surface area contributed by atoms with Gasteiger partial charge in [-0.2, -0.15) is 0 Å². The summed E-state index contributed by atoms with van der Waals surface area (Å²) in [7, 11) is 0. The van der Waals surface area contributed by atoms with Gasteiger partial charge in [-0.3, -0.25) is 4.90 Å². The van der Waals surface area contributed by atoms with Crippen molar-refractivity contribution in [3.05, 3.63) is 0 Å². The van der Waals surface area contributed by atoms with E-state index in [2.05, 4.69) is 39.5 Å². The van der Waals surface area contributed by atoms with Crippen LogP contribution >= 0.6 is 0 Å². The van der Waals surface area contributed by atoms with Crippen molar-refractivity contribution < 1.29 is 0 Å². The number of nitrogens with zero attached hydrogens (tertiary/aromatic N) is 1. The van der Waals surface area contributed by atoms with Crippen LogP contribution in [-0.2, 0) is 0 Å². The minimum Gasteiger partial charge on any atom is -0.329 e. The van der Waals surface area contributed by atoms with Gasteiger partial charge in [0.1, 0.15) is 0 Å². The van der Waals surface area contributed by atoms with E-state index in [9.17, 15) is 0 Å². The predicted molar refractivity (Wildman–Crippen MR) is 94.6 cm³/mol. The van der Waals surface area contributed by atoms with Crippen molar-refractivity contribution >= 4 is 0 Å². The highest BCUT2D eigenvalue weighted by Gasteiger charge is 2.41. The van der Waals surface area contributed by atoms with Gasteiger partial charge in [-0.25, -0.2) is 0 Å². The molecule has 1 fully saturated rings. The molecule has 0 bridgehead atoms. The van der Waals surface area contributed by atoms with E-state index in [1.54, 1.807) is 0 Å². The van der Waals surface area contributed by atoms with Crippen LogP contribution in [0, 0.1) is 11.8 Å². The molecule has 0 saturated heterocycles. The van der Waals surface area contributed by atoms with Crippen molar-refractivity contribution in [3.63, 3.8) is 0 Å². The highest BCUT2D eigenvalue weighted by atomic mass is 15.2. The van der Waals surface area contributed by atoms with E-state index in [4.69, 9.17) is 5.73 Å². The third kappa shape index (κ3) is 4.96. The lowest BCUT2D eigenvalue weighted by Gasteiger charge is -2.51. The Kier molecular flexibility index (Phi) is 8.26. The molecule has 0 aromatic heterocycles. The Hall–Kier alpha value is -0.0800. The Bertz CT molecular complexity index is 263. The van der Waals surface area contributed by atoms with Gasteiger partial charge in [0.05, 0.1) is 0 Å². The van der Waals surface area contributed by atoms with Crippen molar-refractivity contribution in [2.75, 3.05) is 13.1 Å². The molecular formula is C19H40N2. The predicted octanol–water partition coefficient (Wildman–Crippen LogP) is 4.82. The van der Waals surface area contributed by atoms with E-state index < -0.39 is 0 Å². The van der Waals surface area contributed by atoms with E-state index in [1.807, 2.05) is 0 Å². The smallest absolute Gasteiger partial charge is 0.0334 e. The van der Waals surface area contributed by atoms with Crippen molar-refractivity contribution in [1.29, 1.82) is 0 Å². The average Bonchev–Trinajstić information content (AvgIpc) is 2.48. The maximum absolute atomic E-state index is 6.34. The van der Waals surface area contributed by atoms with Crippen LogP contribution in [0.15, 0.2) is 0 Å². The monoisotopic (exact) mass is 296 g/mol. The molecule has 0 radical (unpaired) electrons. The van der Waals surface area contributed by atoms with Crippen LogP contribution in [0.3, 0.4) is 0 Å². The molecule has 1 aliphatic carbocycles. The zero-order valence-corrected chi connectivity index (χ0v) is 15.3. The molecule has 0 spiro atoms. The SMILES string of the molecule is CCCC1CCC(CN)(N(CC(C)C)C(CC)CC)CC1. The molecule has 1 rings (SSSR count). The van der Waals surface area contributed by atoms with E-state index in [0.717, 1.165) is 18.4 Å². The van der Waals surface area contributed by atoms with Crippen LogP contribution in [0.5, 0.6) is 0 Å². The van der Waals surface area contributed by atoms with Crippen LogP contribution in [0.2, 0.25) is 0 Å². The van der Waals surface area contributed by atoms with Gasteiger partial charge in [-0.15, -0.1) is 0 Å². The molecule has 2 nitrogen and oxygen atoms in total. The van der Waals surface area contributed by atoms with Gasteiger partial charge in [0.2, 0.25) is 0 Å². The van der Waals surface area contributed by atoms with Gasteiger partial charge >= 0.3 is 0 Å². The second-order valence-corrected chi connectivity index (χ2v) is 7.68. The lowest BCUT2D eigenvalue weighted by atomic mass is 9.73. The summed E-state index contributed by atoms with van der Waals surface area (Å²) < 4.78 is 0. The zero-order chi connectivity index (χ0) is 15.9. The summed E-state index contributed by atoms with van der Waals surface area (Å²) >= 11 is 0. The Balaban J connectivity index is 2.85. The number of hydrogen-bond donors (Lipinski definition) is 1. The van der Waals surface area contributed by atoms with Gasteiger partial charge in [0, 0.05) is 24.7 Å². The van der Waals surface area contributed by atoms with Crippen LogP contribution in [0.1, 0.15) is 86.0 Å². The highest BCUT2D eigenvalue weighted by Crippen LogP contribution is 2.39. The minimum atomic E-state index is 0.283. The fraction of sp³-hybridized carbons (Fsp3) is 1.00. The molecule has 0 atom stereocenters. The molecule has 0 aliphatic heterocycles. The van der Waals surface area contributed by atoms with Crippen molar-refractivity contribution in [3.8, 4) is 0 Å². The summed E-state index contributed by atoms with van der Waals surface area (Å²) in [4.78, 5) is 2.82. The summed E-state index contributed by atoms with van der Waals surface area (Å²) in [6.07, 6.45) is 10.7. The summed E-state index contributed by atoms with van der Waals surface area (Å²) in [5, 5.41) is 0. The lowest BCUT2D eigenvalue weighted by Crippen LogP contribution is -2.60. The standard InChI is InChI=1S/C19H40N2/c1-6-9-17-10-12-19(15-20,13-11-17)21(14-16(4)5)18(7-2)8-3/h16-18H,6-15,20H2,1-5H3. The van der Waals surface area contributed by atoms with E-state index in [1.165, 1.54) is 57.9 Å². The zero-order valence-electron chi connectivity index (χ0n) is 15.3. The topological polar surface area (TPSA) is 29.3 Å². The first-order valence-corrected chi connectivity index (χ1v) is 9.49. The fourth-order valence-electron chi connectivity index (χ4n) is 4.37. The van der Waals surface area contributed by atoms with Gasteiger partial charge in [-0.05, 0) is 50.4 Å². The largest absolute Gasteiger partial charge is 0.329 e. The van der Waals surface area contributed by atoms with Gasteiger partial charge in [0.25, 0.3) is 0 Å². The Morgan fingerprint density at radius 1 is 1.10 bits per heavy atom. The fourth-order valence-corrected chi connectivity index (χ4v) is 4.37. The summed E-state index contributed by atoms with van der Waals surface area (Å²) in [5.74, 6) is 1.68. The Morgan fingerprint density at radius 3 is 2.05 bits per heavy atom. The van der Waals surface area contributed by atoms with Crippen molar-refractivity contribution in [2.45, 2.75) is 97.6 Å². The molecule has 1 aliphatic rings. The van der Waals surface area contributed by atoms with E-state index in [0.29, 0.717) is 6.04 Å². The van der Waals surface area contributed by atoms with Crippen LogP contribution in [0.25, 0.3) is 0 Å². The molecule has 0 aromatic carbocycles. The molecule has 0 amide bonds. The van der Waals surface area contributed by atoms with Gasteiger partial charge in [0.15, 0.2) is 0 Å². The van der Waals surface area contributed by atoms with Gasteiger partial charge in [-0.1, -0.05) is 47.5 Å².